The summed E-state index contributed by atoms with van der Waals surface area (Å²) in [7, 11) is 0. The lowest BCUT2D eigenvalue weighted by Gasteiger charge is -2.07. The van der Waals surface area contributed by atoms with Crippen LogP contribution < -0.4 is 5.32 Å². The van der Waals surface area contributed by atoms with Gasteiger partial charge in [-0.1, -0.05) is 41.9 Å². The topological polar surface area (TPSA) is 59.8 Å². The third kappa shape index (κ3) is 3.66. The van der Waals surface area contributed by atoms with E-state index < -0.39 is 5.82 Å². The molecule has 2 heterocycles. The van der Waals surface area contributed by atoms with Crippen molar-refractivity contribution in [3.8, 4) is 0 Å². The van der Waals surface area contributed by atoms with Crippen LogP contribution in [0.5, 0.6) is 0 Å². The molecule has 0 radical (unpaired) electrons. The number of benzene rings is 2. The van der Waals surface area contributed by atoms with E-state index >= 15 is 0 Å². The molecule has 0 aliphatic heterocycles. The normalized spacial score (nSPS) is 10.9. The second-order valence-corrected chi connectivity index (χ2v) is 6.41. The maximum Gasteiger partial charge on any atom is 0.257 e. The predicted octanol–water partition coefficient (Wildman–Crippen LogP) is 4.52. The van der Waals surface area contributed by atoms with E-state index in [1.54, 1.807) is 16.9 Å². The highest BCUT2D eigenvalue weighted by atomic mass is 35.5. The van der Waals surface area contributed by atoms with E-state index in [1.807, 2.05) is 30.3 Å². The molecule has 0 aliphatic carbocycles. The number of amides is 1. The average molecular weight is 381 g/mol. The molecule has 0 bridgehead atoms. The summed E-state index contributed by atoms with van der Waals surface area (Å²) in [6.45, 7) is 0.594. The van der Waals surface area contributed by atoms with Crippen molar-refractivity contribution in [2.75, 3.05) is 5.32 Å². The number of carbonyl (C=O) groups is 1. The predicted molar refractivity (Wildman–Crippen MR) is 102 cm³/mol. The van der Waals surface area contributed by atoms with Crippen molar-refractivity contribution in [1.82, 2.24) is 14.8 Å². The molecule has 0 saturated carbocycles. The van der Waals surface area contributed by atoms with E-state index in [0.29, 0.717) is 23.4 Å². The SMILES string of the molecule is O=C(Nc1ccc(F)c(Cl)c1)c1cnc2c(cnn2Cc2ccccc2)c1. The molecule has 2 aromatic heterocycles. The first kappa shape index (κ1) is 17.2. The van der Waals surface area contributed by atoms with Crippen LogP contribution in [0.4, 0.5) is 10.1 Å². The number of hydrogen-bond acceptors (Lipinski definition) is 3. The van der Waals surface area contributed by atoms with Gasteiger partial charge >= 0.3 is 0 Å². The molecular formula is C20H14ClFN4O. The van der Waals surface area contributed by atoms with Crippen LogP contribution in [0, 0.1) is 5.82 Å². The Morgan fingerprint density at radius 3 is 2.70 bits per heavy atom. The van der Waals surface area contributed by atoms with Crippen molar-refractivity contribution < 1.29 is 9.18 Å². The first-order valence-corrected chi connectivity index (χ1v) is 8.60. The molecular weight excluding hydrogens is 367 g/mol. The number of nitrogens with zero attached hydrogens (tertiary/aromatic N) is 3. The zero-order valence-corrected chi connectivity index (χ0v) is 14.8. The van der Waals surface area contributed by atoms with Gasteiger partial charge in [0.2, 0.25) is 0 Å². The number of hydrogen-bond donors (Lipinski definition) is 1. The van der Waals surface area contributed by atoms with Crippen LogP contribution in [-0.2, 0) is 6.54 Å². The lowest BCUT2D eigenvalue weighted by atomic mass is 10.2. The van der Waals surface area contributed by atoms with Gasteiger partial charge in [0.1, 0.15) is 5.82 Å². The molecule has 134 valence electrons. The Morgan fingerprint density at radius 1 is 1.11 bits per heavy atom. The van der Waals surface area contributed by atoms with Gasteiger partial charge < -0.3 is 5.32 Å². The van der Waals surface area contributed by atoms with Gasteiger partial charge in [0.25, 0.3) is 5.91 Å². The van der Waals surface area contributed by atoms with Crippen LogP contribution in [0.2, 0.25) is 5.02 Å². The highest BCUT2D eigenvalue weighted by Crippen LogP contribution is 2.20. The molecule has 27 heavy (non-hydrogen) atoms. The van der Waals surface area contributed by atoms with E-state index in [4.69, 9.17) is 11.6 Å². The fourth-order valence-electron chi connectivity index (χ4n) is 2.75. The number of rotatable bonds is 4. The standard InChI is InChI=1S/C20H14ClFN4O/c21-17-9-16(6-7-18(17)22)25-20(27)15-8-14-11-24-26(19(14)23-10-15)12-13-4-2-1-3-5-13/h1-11H,12H2,(H,25,27). The minimum atomic E-state index is -0.538. The molecule has 4 aromatic rings. The maximum atomic E-state index is 13.2. The lowest BCUT2D eigenvalue weighted by molar-refractivity contribution is 0.102. The molecule has 1 N–H and O–H groups in total. The van der Waals surface area contributed by atoms with Crippen molar-refractivity contribution in [3.05, 3.63) is 89.0 Å². The second-order valence-electron chi connectivity index (χ2n) is 6.01. The third-order valence-corrected chi connectivity index (χ3v) is 4.38. The molecule has 0 saturated heterocycles. The van der Waals surface area contributed by atoms with Gasteiger partial charge in [-0.2, -0.15) is 5.10 Å². The average Bonchev–Trinajstić information content (AvgIpc) is 3.07. The molecule has 0 atom stereocenters. The Bertz CT molecular complexity index is 1130. The number of anilines is 1. The number of fused-ring (bicyclic) bond motifs is 1. The Labute approximate surface area is 159 Å². The van der Waals surface area contributed by atoms with Crippen LogP contribution >= 0.6 is 11.6 Å². The number of pyridine rings is 1. The van der Waals surface area contributed by atoms with Crippen LogP contribution in [0.15, 0.2) is 67.0 Å². The highest BCUT2D eigenvalue weighted by Gasteiger charge is 2.12. The molecule has 0 fully saturated rings. The van der Waals surface area contributed by atoms with Gasteiger partial charge in [0, 0.05) is 17.3 Å². The Kier molecular flexibility index (Phi) is 4.56. The van der Waals surface area contributed by atoms with E-state index in [1.165, 1.54) is 24.4 Å². The molecule has 5 nitrogen and oxygen atoms in total. The van der Waals surface area contributed by atoms with Gasteiger partial charge in [-0.05, 0) is 29.8 Å². The van der Waals surface area contributed by atoms with Gasteiger partial charge in [-0.15, -0.1) is 0 Å². The summed E-state index contributed by atoms with van der Waals surface area (Å²) in [5.74, 6) is -0.897. The summed E-state index contributed by atoms with van der Waals surface area (Å²) in [5.41, 5.74) is 2.59. The molecule has 0 unspecified atom stereocenters. The fraction of sp³-hybridized carbons (Fsp3) is 0.0500. The smallest absolute Gasteiger partial charge is 0.257 e. The van der Waals surface area contributed by atoms with Crippen LogP contribution in [0.3, 0.4) is 0 Å². The van der Waals surface area contributed by atoms with E-state index in [2.05, 4.69) is 15.4 Å². The molecule has 0 aliphatic rings. The maximum absolute atomic E-state index is 13.2. The quantitative estimate of drug-likeness (QED) is 0.566. The van der Waals surface area contributed by atoms with Crippen molar-refractivity contribution in [2.45, 2.75) is 6.54 Å². The number of nitrogens with one attached hydrogen (secondary N) is 1. The van der Waals surface area contributed by atoms with Gasteiger partial charge in [-0.25, -0.2) is 14.1 Å². The van der Waals surface area contributed by atoms with Crippen LogP contribution in [0.25, 0.3) is 11.0 Å². The highest BCUT2D eigenvalue weighted by molar-refractivity contribution is 6.31. The molecule has 4 rings (SSSR count). The lowest BCUT2D eigenvalue weighted by Crippen LogP contribution is -2.12. The van der Waals surface area contributed by atoms with Crippen molar-refractivity contribution in [3.63, 3.8) is 0 Å². The Balaban J connectivity index is 1.56. The zero-order valence-electron chi connectivity index (χ0n) is 14.1. The third-order valence-electron chi connectivity index (χ3n) is 4.09. The number of aromatic nitrogens is 3. The zero-order chi connectivity index (χ0) is 18.8. The van der Waals surface area contributed by atoms with E-state index in [9.17, 15) is 9.18 Å². The van der Waals surface area contributed by atoms with Crippen molar-refractivity contribution in [1.29, 1.82) is 0 Å². The monoisotopic (exact) mass is 380 g/mol. The first-order valence-electron chi connectivity index (χ1n) is 8.22. The Hall–Kier alpha value is -3.25. The fourth-order valence-corrected chi connectivity index (χ4v) is 2.93. The van der Waals surface area contributed by atoms with Gasteiger partial charge in [0.15, 0.2) is 5.65 Å². The molecule has 7 heteroatoms. The van der Waals surface area contributed by atoms with Gasteiger partial charge in [-0.3, -0.25) is 4.79 Å². The van der Waals surface area contributed by atoms with Gasteiger partial charge in [0.05, 0.1) is 23.3 Å². The summed E-state index contributed by atoms with van der Waals surface area (Å²) < 4.78 is 15.0. The van der Waals surface area contributed by atoms with Crippen LogP contribution in [0.1, 0.15) is 15.9 Å². The molecule has 2 aromatic carbocycles. The summed E-state index contributed by atoms with van der Waals surface area (Å²) in [4.78, 5) is 16.8. The minimum Gasteiger partial charge on any atom is -0.322 e. The van der Waals surface area contributed by atoms with E-state index in [0.717, 1.165) is 10.9 Å². The number of carbonyl (C=O) groups excluding carboxylic acids is 1. The van der Waals surface area contributed by atoms with Crippen LogP contribution in [-0.4, -0.2) is 20.7 Å². The molecule has 1 amide bonds. The van der Waals surface area contributed by atoms with Crippen molar-refractivity contribution in [2.24, 2.45) is 0 Å². The van der Waals surface area contributed by atoms with E-state index in [-0.39, 0.29) is 10.9 Å². The first-order chi connectivity index (χ1) is 13.1. The largest absolute Gasteiger partial charge is 0.322 e. The minimum absolute atomic E-state index is 0.0523. The summed E-state index contributed by atoms with van der Waals surface area (Å²) in [5, 5.41) is 7.75. The Morgan fingerprint density at radius 2 is 1.93 bits per heavy atom. The molecule has 0 spiro atoms. The second kappa shape index (κ2) is 7.17. The summed E-state index contributed by atoms with van der Waals surface area (Å²) in [6.07, 6.45) is 3.17. The number of halogens is 2. The summed E-state index contributed by atoms with van der Waals surface area (Å²) in [6, 6.07) is 15.7. The van der Waals surface area contributed by atoms with Crippen molar-refractivity contribution >= 4 is 34.2 Å². The summed E-state index contributed by atoms with van der Waals surface area (Å²) >= 11 is 5.74.